The van der Waals surface area contributed by atoms with E-state index in [1.807, 2.05) is 0 Å². The van der Waals surface area contributed by atoms with Crippen LogP contribution in [0.25, 0.3) is 0 Å². The molecule has 0 fully saturated rings. The fraction of sp³-hybridized carbons (Fsp3) is 0.125. The standard InChI is InChI=1S/C16H9ClF3NO3S2/c17-9-5-7(16(18,19)20)1-4-11(9)23-8-2-3-10-12(6-8)24-13(15(22)26)14(25)21-10/h1-6,13H,(H,21,25)(H,22,26). The average molecular weight is 420 g/mol. The Morgan fingerprint density at radius 3 is 2.62 bits per heavy atom. The van der Waals surface area contributed by atoms with Gasteiger partial charge in [0.15, 0.2) is 0 Å². The van der Waals surface area contributed by atoms with Crippen LogP contribution < -0.4 is 14.8 Å². The van der Waals surface area contributed by atoms with Crippen molar-refractivity contribution in [2.75, 3.05) is 5.32 Å². The molecule has 0 aliphatic carbocycles. The second-order valence-electron chi connectivity index (χ2n) is 5.23. The van der Waals surface area contributed by atoms with Crippen LogP contribution in [0.2, 0.25) is 5.02 Å². The molecule has 3 rings (SSSR count). The second-order valence-corrected chi connectivity index (χ2v) is 6.52. The fourth-order valence-corrected chi connectivity index (χ4v) is 2.95. The lowest BCUT2D eigenvalue weighted by molar-refractivity contribution is -0.137. The van der Waals surface area contributed by atoms with Crippen LogP contribution in [0.5, 0.6) is 17.2 Å². The minimum atomic E-state index is -4.50. The lowest BCUT2D eigenvalue weighted by Gasteiger charge is -2.26. The van der Waals surface area contributed by atoms with E-state index in [2.05, 4.69) is 17.9 Å². The highest BCUT2D eigenvalue weighted by Crippen LogP contribution is 2.39. The first-order chi connectivity index (χ1) is 12.1. The van der Waals surface area contributed by atoms with Crippen molar-refractivity contribution < 1.29 is 27.4 Å². The predicted octanol–water partition coefficient (Wildman–Crippen LogP) is 5.11. The van der Waals surface area contributed by atoms with Crippen molar-refractivity contribution in [3.05, 3.63) is 47.0 Å². The predicted molar refractivity (Wildman–Crippen MR) is 97.6 cm³/mol. The Labute approximate surface area is 161 Å². The summed E-state index contributed by atoms with van der Waals surface area (Å²) in [6.45, 7) is 0. The smallest absolute Gasteiger partial charge is 0.416 e. The number of halogens is 4. The minimum Gasteiger partial charge on any atom is -0.472 e. The molecule has 0 amide bonds. The van der Waals surface area contributed by atoms with Gasteiger partial charge in [-0.25, -0.2) is 0 Å². The highest BCUT2D eigenvalue weighted by Gasteiger charge is 2.31. The van der Waals surface area contributed by atoms with Gasteiger partial charge in [0.2, 0.25) is 11.2 Å². The van der Waals surface area contributed by atoms with Crippen LogP contribution in [-0.2, 0) is 11.0 Å². The molecule has 0 saturated heterocycles. The molecule has 1 atom stereocenters. The van der Waals surface area contributed by atoms with Gasteiger partial charge in [0, 0.05) is 6.07 Å². The maximum atomic E-state index is 12.7. The molecule has 4 nitrogen and oxygen atoms in total. The van der Waals surface area contributed by atoms with Gasteiger partial charge in [0.05, 0.1) is 16.3 Å². The molecule has 136 valence electrons. The lowest BCUT2D eigenvalue weighted by Crippen LogP contribution is -2.39. The number of thiol groups is 1. The molecule has 2 aromatic rings. The molecular formula is C16H9ClF3NO3S2. The molecule has 1 heterocycles. The maximum absolute atomic E-state index is 12.7. The Kier molecular flexibility index (Phi) is 5.05. The number of thiocarbonyl (C=S) groups is 1. The molecule has 1 unspecified atom stereocenters. The number of hydrogen-bond donors (Lipinski definition) is 2. The van der Waals surface area contributed by atoms with E-state index in [0.717, 1.165) is 18.2 Å². The van der Waals surface area contributed by atoms with Gasteiger partial charge in [-0.1, -0.05) is 23.8 Å². The monoisotopic (exact) mass is 419 g/mol. The second kappa shape index (κ2) is 6.98. The van der Waals surface area contributed by atoms with Crippen molar-refractivity contribution in [2.24, 2.45) is 0 Å². The average Bonchev–Trinajstić information content (AvgIpc) is 2.55. The number of carbonyl (C=O) groups is 1. The molecule has 0 saturated carbocycles. The van der Waals surface area contributed by atoms with Crippen LogP contribution in [0.3, 0.4) is 0 Å². The van der Waals surface area contributed by atoms with E-state index in [9.17, 15) is 18.0 Å². The molecule has 1 aliphatic heterocycles. The molecule has 0 aromatic heterocycles. The van der Waals surface area contributed by atoms with E-state index in [1.54, 1.807) is 12.1 Å². The Balaban J connectivity index is 1.85. The third-order valence-electron chi connectivity index (χ3n) is 3.41. The summed E-state index contributed by atoms with van der Waals surface area (Å²) in [5.74, 6) is 0.581. The first kappa shape index (κ1) is 18.8. The molecular weight excluding hydrogens is 411 g/mol. The summed E-state index contributed by atoms with van der Waals surface area (Å²) in [5, 5.41) is 2.09. The van der Waals surface area contributed by atoms with Gasteiger partial charge in [-0.3, -0.25) is 4.79 Å². The number of fused-ring (bicyclic) bond motifs is 1. The first-order valence-corrected chi connectivity index (χ1v) is 8.27. The molecule has 0 radical (unpaired) electrons. The van der Waals surface area contributed by atoms with Gasteiger partial charge in [-0.05, 0) is 30.3 Å². The molecule has 26 heavy (non-hydrogen) atoms. The highest BCUT2D eigenvalue weighted by atomic mass is 35.5. The quantitative estimate of drug-likeness (QED) is 0.535. The lowest BCUT2D eigenvalue weighted by atomic mass is 10.2. The van der Waals surface area contributed by atoms with E-state index < -0.39 is 23.0 Å². The van der Waals surface area contributed by atoms with Gasteiger partial charge in [0.1, 0.15) is 22.2 Å². The number of anilines is 1. The number of alkyl halides is 3. The van der Waals surface area contributed by atoms with Gasteiger partial charge < -0.3 is 14.8 Å². The topological polar surface area (TPSA) is 47.6 Å². The zero-order chi connectivity index (χ0) is 19.1. The summed E-state index contributed by atoms with van der Waals surface area (Å²) in [5.41, 5.74) is -0.358. The van der Waals surface area contributed by atoms with Crippen molar-refractivity contribution >= 4 is 52.2 Å². The van der Waals surface area contributed by atoms with Crippen molar-refractivity contribution in [3.8, 4) is 17.2 Å². The fourth-order valence-electron chi connectivity index (χ4n) is 2.20. The van der Waals surface area contributed by atoms with Gasteiger partial charge in [-0.15, -0.1) is 12.6 Å². The number of ether oxygens (including phenoxy) is 2. The van der Waals surface area contributed by atoms with Crippen molar-refractivity contribution in [3.63, 3.8) is 0 Å². The Hall–Kier alpha value is -1.97. The Morgan fingerprint density at radius 2 is 2.00 bits per heavy atom. The number of nitrogens with one attached hydrogen (secondary N) is 1. The molecule has 0 bridgehead atoms. The number of benzene rings is 2. The molecule has 10 heteroatoms. The largest absolute Gasteiger partial charge is 0.472 e. The van der Waals surface area contributed by atoms with E-state index in [1.165, 1.54) is 6.07 Å². The normalized spacial score (nSPS) is 16.3. The van der Waals surface area contributed by atoms with Crippen molar-refractivity contribution in [2.45, 2.75) is 12.3 Å². The number of rotatable bonds is 3. The van der Waals surface area contributed by atoms with Crippen molar-refractivity contribution in [1.82, 2.24) is 0 Å². The molecule has 1 aliphatic rings. The molecule has 2 aromatic carbocycles. The third kappa shape index (κ3) is 3.89. The van der Waals surface area contributed by atoms with Crippen LogP contribution in [0, 0.1) is 0 Å². The number of hydrogen-bond acceptors (Lipinski definition) is 4. The van der Waals surface area contributed by atoms with Crippen LogP contribution in [0.1, 0.15) is 5.56 Å². The van der Waals surface area contributed by atoms with E-state index in [4.69, 9.17) is 33.3 Å². The first-order valence-electron chi connectivity index (χ1n) is 7.04. The SMILES string of the molecule is O=C(S)C1Oc2cc(Oc3ccc(C(F)(F)F)cc3Cl)ccc2NC1=S. The summed E-state index contributed by atoms with van der Waals surface area (Å²) in [4.78, 5) is 11.6. The maximum Gasteiger partial charge on any atom is 0.416 e. The Morgan fingerprint density at radius 1 is 1.27 bits per heavy atom. The summed E-state index contributed by atoms with van der Waals surface area (Å²) in [6.07, 6.45) is -5.54. The van der Waals surface area contributed by atoms with Crippen LogP contribution in [-0.4, -0.2) is 16.2 Å². The van der Waals surface area contributed by atoms with E-state index >= 15 is 0 Å². The molecule has 1 N–H and O–H groups in total. The zero-order valence-corrected chi connectivity index (χ0v) is 15.1. The zero-order valence-electron chi connectivity index (χ0n) is 12.6. The van der Waals surface area contributed by atoms with E-state index in [0.29, 0.717) is 5.69 Å². The van der Waals surface area contributed by atoms with Crippen LogP contribution in [0.15, 0.2) is 36.4 Å². The van der Waals surface area contributed by atoms with Gasteiger partial charge in [0.25, 0.3) is 0 Å². The third-order valence-corrected chi connectivity index (χ3v) is 4.25. The van der Waals surface area contributed by atoms with Crippen LogP contribution in [0.4, 0.5) is 18.9 Å². The highest BCUT2D eigenvalue weighted by molar-refractivity contribution is 7.97. The summed E-state index contributed by atoms with van der Waals surface area (Å²) < 4.78 is 49.1. The van der Waals surface area contributed by atoms with Crippen molar-refractivity contribution in [1.29, 1.82) is 0 Å². The summed E-state index contributed by atoms with van der Waals surface area (Å²) in [7, 11) is 0. The van der Waals surface area contributed by atoms with Crippen LogP contribution >= 0.6 is 36.4 Å². The molecule has 0 spiro atoms. The van der Waals surface area contributed by atoms with Gasteiger partial charge in [-0.2, -0.15) is 13.2 Å². The summed E-state index contributed by atoms with van der Waals surface area (Å²) in [6, 6.07) is 7.37. The van der Waals surface area contributed by atoms with E-state index in [-0.39, 0.29) is 27.3 Å². The minimum absolute atomic E-state index is 0.0423. The summed E-state index contributed by atoms with van der Waals surface area (Å²) >= 11 is 14.6. The van der Waals surface area contributed by atoms with Gasteiger partial charge >= 0.3 is 6.18 Å². The number of carbonyl (C=O) groups excluding carboxylic acids is 1. The Bertz CT molecular complexity index is 905.